The Morgan fingerprint density at radius 1 is 0.800 bits per heavy atom. The second-order valence-electron chi connectivity index (χ2n) is 5.67. The summed E-state index contributed by atoms with van der Waals surface area (Å²) in [6, 6.07) is 6.73. The first kappa shape index (κ1) is 21.5. The van der Waals surface area contributed by atoms with Gasteiger partial charge < -0.3 is 0 Å². The Labute approximate surface area is 129 Å². The van der Waals surface area contributed by atoms with E-state index in [1.165, 1.54) is 48.8 Å². The first-order chi connectivity index (χ1) is 9.48. The summed E-state index contributed by atoms with van der Waals surface area (Å²) in [5, 5.41) is 0. The van der Waals surface area contributed by atoms with E-state index < -0.39 is 0 Å². The lowest BCUT2D eigenvalue weighted by molar-refractivity contribution is 0.728. The van der Waals surface area contributed by atoms with Gasteiger partial charge in [-0.1, -0.05) is 91.0 Å². The Balaban J connectivity index is 0. The van der Waals surface area contributed by atoms with Crippen LogP contribution in [0.1, 0.15) is 96.3 Å². The van der Waals surface area contributed by atoms with Gasteiger partial charge in [0, 0.05) is 0 Å². The first-order valence-corrected chi connectivity index (χ1v) is 8.55. The van der Waals surface area contributed by atoms with Crippen LogP contribution in [0.3, 0.4) is 0 Å². The predicted molar refractivity (Wildman–Crippen MR) is 95.8 cm³/mol. The summed E-state index contributed by atoms with van der Waals surface area (Å²) in [6.07, 6.45) is 6.50. The van der Waals surface area contributed by atoms with Gasteiger partial charge in [0.2, 0.25) is 0 Å². The van der Waals surface area contributed by atoms with Crippen LogP contribution in [-0.2, 0) is 0 Å². The van der Waals surface area contributed by atoms with Crippen molar-refractivity contribution in [3.8, 4) is 0 Å². The molecule has 0 fully saturated rings. The molecule has 0 aliphatic carbocycles. The van der Waals surface area contributed by atoms with Crippen LogP contribution in [0.5, 0.6) is 0 Å². The monoisotopic (exact) mass is 278 g/mol. The van der Waals surface area contributed by atoms with Crippen molar-refractivity contribution in [1.82, 2.24) is 0 Å². The van der Waals surface area contributed by atoms with Crippen molar-refractivity contribution in [3.63, 3.8) is 0 Å². The molecule has 0 aliphatic heterocycles. The van der Waals surface area contributed by atoms with Gasteiger partial charge in [-0.15, -0.1) is 0 Å². The molecule has 0 radical (unpaired) electrons. The molecular weight excluding hydrogens is 240 g/mol. The Bertz CT molecular complexity index is 304. The summed E-state index contributed by atoms with van der Waals surface area (Å²) in [5.41, 5.74) is 4.30. The van der Waals surface area contributed by atoms with Crippen LogP contribution >= 0.6 is 0 Å². The standard InChI is InChI=1S/C12H18.2C4H10/c1-5-10(3)12-7-6-9(2)8-11(12)4;2*1-3-4-2/h6-8,10H,5H2,1-4H3;2*3-4H2,1-2H3. The smallest absolute Gasteiger partial charge is 0.0190 e. The highest BCUT2D eigenvalue weighted by Gasteiger charge is 2.04. The van der Waals surface area contributed by atoms with E-state index in [0.717, 1.165) is 0 Å². The van der Waals surface area contributed by atoms with Crippen molar-refractivity contribution in [1.29, 1.82) is 0 Å². The quantitative estimate of drug-likeness (QED) is 0.537. The summed E-state index contributed by atoms with van der Waals surface area (Å²) in [4.78, 5) is 0. The highest BCUT2D eigenvalue weighted by atomic mass is 14.1. The minimum atomic E-state index is 0.700. The van der Waals surface area contributed by atoms with Crippen molar-refractivity contribution in [2.24, 2.45) is 0 Å². The summed E-state index contributed by atoms with van der Waals surface area (Å²) in [6.45, 7) is 17.6. The lowest BCUT2D eigenvalue weighted by Crippen LogP contribution is -1.94. The Morgan fingerprint density at radius 3 is 1.55 bits per heavy atom. The summed E-state index contributed by atoms with van der Waals surface area (Å²) in [5.74, 6) is 0.700. The summed E-state index contributed by atoms with van der Waals surface area (Å²) >= 11 is 0. The lowest BCUT2D eigenvalue weighted by atomic mass is 9.93. The zero-order valence-corrected chi connectivity index (χ0v) is 15.3. The number of unbranched alkanes of at least 4 members (excludes halogenated alkanes) is 2. The van der Waals surface area contributed by atoms with Crippen molar-refractivity contribution in [2.75, 3.05) is 0 Å². The molecule has 0 bridgehead atoms. The van der Waals surface area contributed by atoms with E-state index >= 15 is 0 Å². The minimum Gasteiger partial charge on any atom is -0.0654 e. The molecular formula is C20H38. The molecule has 1 unspecified atom stereocenters. The van der Waals surface area contributed by atoms with E-state index in [0.29, 0.717) is 5.92 Å². The number of rotatable bonds is 4. The molecule has 118 valence electrons. The van der Waals surface area contributed by atoms with Crippen molar-refractivity contribution in [3.05, 3.63) is 34.9 Å². The molecule has 1 aromatic rings. The highest BCUT2D eigenvalue weighted by molar-refractivity contribution is 5.32. The van der Waals surface area contributed by atoms with Gasteiger partial charge in [-0.05, 0) is 37.3 Å². The maximum Gasteiger partial charge on any atom is -0.0190 e. The highest BCUT2D eigenvalue weighted by Crippen LogP contribution is 2.22. The van der Waals surface area contributed by atoms with Gasteiger partial charge in [0.15, 0.2) is 0 Å². The predicted octanol–water partition coefficient (Wildman–Crippen LogP) is 7.43. The van der Waals surface area contributed by atoms with Crippen molar-refractivity contribution in [2.45, 2.75) is 93.4 Å². The number of hydrogen-bond acceptors (Lipinski definition) is 0. The van der Waals surface area contributed by atoms with Gasteiger partial charge in [0.1, 0.15) is 0 Å². The van der Waals surface area contributed by atoms with E-state index in [9.17, 15) is 0 Å². The van der Waals surface area contributed by atoms with Crippen LogP contribution in [0.2, 0.25) is 0 Å². The van der Waals surface area contributed by atoms with Gasteiger partial charge in [-0.2, -0.15) is 0 Å². The van der Waals surface area contributed by atoms with Crippen LogP contribution in [0.25, 0.3) is 0 Å². The average Bonchev–Trinajstić information content (AvgIpc) is 2.47. The Hall–Kier alpha value is -0.780. The van der Waals surface area contributed by atoms with Crippen molar-refractivity contribution >= 4 is 0 Å². The van der Waals surface area contributed by atoms with Crippen LogP contribution in [0.4, 0.5) is 0 Å². The molecule has 1 atom stereocenters. The Kier molecular flexibility index (Phi) is 15.7. The van der Waals surface area contributed by atoms with Gasteiger partial charge in [-0.3, -0.25) is 0 Å². The molecule has 0 aromatic heterocycles. The largest absolute Gasteiger partial charge is 0.0654 e. The second-order valence-corrected chi connectivity index (χ2v) is 5.67. The van der Waals surface area contributed by atoms with Crippen LogP contribution in [-0.4, -0.2) is 0 Å². The van der Waals surface area contributed by atoms with Crippen LogP contribution < -0.4 is 0 Å². The molecule has 0 saturated heterocycles. The molecule has 1 aromatic carbocycles. The molecule has 1 rings (SSSR count). The maximum absolute atomic E-state index is 2.29. The first-order valence-electron chi connectivity index (χ1n) is 8.55. The zero-order chi connectivity index (χ0) is 16.0. The van der Waals surface area contributed by atoms with Gasteiger partial charge in [0.05, 0.1) is 0 Å². The minimum absolute atomic E-state index is 0.700. The Morgan fingerprint density at radius 2 is 1.25 bits per heavy atom. The summed E-state index contributed by atoms with van der Waals surface area (Å²) in [7, 11) is 0. The topological polar surface area (TPSA) is 0 Å². The van der Waals surface area contributed by atoms with Crippen LogP contribution in [0.15, 0.2) is 18.2 Å². The number of hydrogen-bond donors (Lipinski definition) is 0. The number of aryl methyl sites for hydroxylation is 2. The number of benzene rings is 1. The maximum atomic E-state index is 2.29. The SMILES string of the molecule is CCC(C)c1ccc(C)cc1C.CCCC.CCCC. The van der Waals surface area contributed by atoms with E-state index in [-0.39, 0.29) is 0 Å². The third-order valence-corrected chi connectivity index (χ3v) is 3.57. The molecule has 0 N–H and O–H groups in total. The van der Waals surface area contributed by atoms with E-state index in [4.69, 9.17) is 0 Å². The molecule has 20 heavy (non-hydrogen) atoms. The van der Waals surface area contributed by atoms with Gasteiger partial charge in [0.25, 0.3) is 0 Å². The second kappa shape index (κ2) is 14.6. The fourth-order valence-corrected chi connectivity index (χ4v) is 1.60. The molecule has 0 aliphatic rings. The molecule has 0 saturated carbocycles. The fraction of sp³-hybridized carbons (Fsp3) is 0.700. The molecule has 0 spiro atoms. The molecule has 0 nitrogen and oxygen atoms in total. The average molecular weight is 279 g/mol. The molecule has 0 heterocycles. The van der Waals surface area contributed by atoms with Crippen molar-refractivity contribution < 1.29 is 0 Å². The van der Waals surface area contributed by atoms with Gasteiger partial charge >= 0.3 is 0 Å². The molecule has 0 heteroatoms. The van der Waals surface area contributed by atoms with Gasteiger partial charge in [-0.25, -0.2) is 0 Å². The lowest BCUT2D eigenvalue weighted by Gasteiger charge is -2.12. The van der Waals surface area contributed by atoms with E-state index in [1.807, 2.05) is 0 Å². The third kappa shape index (κ3) is 11.1. The zero-order valence-electron chi connectivity index (χ0n) is 15.3. The van der Waals surface area contributed by atoms with E-state index in [2.05, 4.69) is 73.6 Å². The normalized spacial score (nSPS) is 10.8. The fourth-order valence-electron chi connectivity index (χ4n) is 1.60. The van der Waals surface area contributed by atoms with E-state index in [1.54, 1.807) is 0 Å². The molecule has 0 amide bonds. The summed E-state index contributed by atoms with van der Waals surface area (Å²) < 4.78 is 0. The third-order valence-electron chi connectivity index (χ3n) is 3.57. The van der Waals surface area contributed by atoms with Crippen LogP contribution in [0, 0.1) is 13.8 Å².